The summed E-state index contributed by atoms with van der Waals surface area (Å²) in [5.74, 6) is 0.393. The third-order valence-electron chi connectivity index (χ3n) is 4.02. The summed E-state index contributed by atoms with van der Waals surface area (Å²) in [6, 6.07) is 17.0. The predicted octanol–water partition coefficient (Wildman–Crippen LogP) is 3.11. The van der Waals surface area contributed by atoms with E-state index in [0.717, 1.165) is 5.56 Å². The van der Waals surface area contributed by atoms with Gasteiger partial charge in [0, 0.05) is 12.5 Å². The summed E-state index contributed by atoms with van der Waals surface area (Å²) in [6.07, 6.45) is 0. The number of nitrogens with one attached hydrogen (secondary N) is 1. The second-order valence-corrected chi connectivity index (χ2v) is 6.36. The van der Waals surface area contributed by atoms with Crippen LogP contribution in [-0.2, 0) is 17.9 Å². The van der Waals surface area contributed by atoms with E-state index in [4.69, 9.17) is 0 Å². The first-order chi connectivity index (χ1) is 12.0. The molecule has 1 aromatic heterocycles. The second kappa shape index (κ2) is 7.30. The van der Waals surface area contributed by atoms with Crippen LogP contribution < -0.4 is 5.56 Å². The van der Waals surface area contributed by atoms with Gasteiger partial charge < -0.3 is 9.88 Å². The lowest BCUT2D eigenvalue weighted by Crippen LogP contribution is -2.34. The minimum Gasteiger partial charge on any atom is -0.331 e. The molecule has 3 rings (SSSR count). The van der Waals surface area contributed by atoms with E-state index in [1.165, 1.54) is 0 Å². The van der Waals surface area contributed by atoms with Crippen LogP contribution in [0, 0.1) is 5.92 Å². The van der Waals surface area contributed by atoms with Crippen LogP contribution in [0.5, 0.6) is 0 Å². The second-order valence-electron chi connectivity index (χ2n) is 6.36. The van der Waals surface area contributed by atoms with E-state index in [-0.39, 0.29) is 23.9 Å². The topological polar surface area (TPSA) is 66.1 Å². The van der Waals surface area contributed by atoms with Gasteiger partial charge in [-0.1, -0.05) is 56.3 Å². The molecule has 0 saturated heterocycles. The maximum absolute atomic E-state index is 12.6. The molecular formula is C20H21N3O2. The molecule has 1 heterocycles. The molecule has 0 saturated carbocycles. The number of hydrogen-bond acceptors (Lipinski definition) is 3. The molecule has 0 bridgehead atoms. The fourth-order valence-corrected chi connectivity index (χ4v) is 2.77. The lowest BCUT2D eigenvalue weighted by atomic mass is 10.1. The highest BCUT2D eigenvalue weighted by Gasteiger charge is 2.19. The number of rotatable bonds is 5. The highest BCUT2D eigenvalue weighted by Crippen LogP contribution is 2.13. The molecule has 5 heteroatoms. The van der Waals surface area contributed by atoms with E-state index in [2.05, 4.69) is 9.97 Å². The molecule has 0 aliphatic carbocycles. The van der Waals surface area contributed by atoms with Crippen LogP contribution in [0.25, 0.3) is 10.9 Å². The van der Waals surface area contributed by atoms with Crippen LogP contribution in [-0.4, -0.2) is 20.8 Å². The predicted molar refractivity (Wildman–Crippen MR) is 97.9 cm³/mol. The number of carbonyl (C=O) groups is 1. The fraction of sp³-hybridized carbons (Fsp3) is 0.250. The summed E-state index contributed by atoms with van der Waals surface area (Å²) >= 11 is 0. The number of H-pyrrole nitrogens is 1. The Labute approximate surface area is 146 Å². The van der Waals surface area contributed by atoms with Crippen molar-refractivity contribution in [3.63, 3.8) is 0 Å². The average molecular weight is 335 g/mol. The summed E-state index contributed by atoms with van der Waals surface area (Å²) in [5.41, 5.74) is 1.50. The van der Waals surface area contributed by atoms with Gasteiger partial charge in [-0.05, 0) is 17.7 Å². The van der Waals surface area contributed by atoms with Crippen LogP contribution in [0.1, 0.15) is 25.2 Å². The fourth-order valence-electron chi connectivity index (χ4n) is 2.77. The van der Waals surface area contributed by atoms with Gasteiger partial charge in [-0.3, -0.25) is 9.59 Å². The summed E-state index contributed by atoms with van der Waals surface area (Å²) in [7, 11) is 0. The number of para-hydroxylation sites is 1. The largest absolute Gasteiger partial charge is 0.331 e. The highest BCUT2D eigenvalue weighted by atomic mass is 16.2. The lowest BCUT2D eigenvalue weighted by Gasteiger charge is -2.24. The van der Waals surface area contributed by atoms with Crippen LogP contribution in [0.3, 0.4) is 0 Å². The Bertz CT molecular complexity index is 932. The van der Waals surface area contributed by atoms with Gasteiger partial charge in [0.05, 0.1) is 17.4 Å². The summed E-state index contributed by atoms with van der Waals surface area (Å²) in [5, 5.41) is 0.552. The van der Waals surface area contributed by atoms with Crippen LogP contribution in [0.4, 0.5) is 0 Å². The van der Waals surface area contributed by atoms with Crippen molar-refractivity contribution in [3.05, 3.63) is 76.3 Å². The van der Waals surface area contributed by atoms with E-state index >= 15 is 0 Å². The van der Waals surface area contributed by atoms with E-state index in [1.54, 1.807) is 17.0 Å². The van der Waals surface area contributed by atoms with Crippen molar-refractivity contribution in [1.82, 2.24) is 14.9 Å². The van der Waals surface area contributed by atoms with E-state index in [0.29, 0.717) is 23.3 Å². The quantitative estimate of drug-likeness (QED) is 0.779. The molecule has 3 aromatic rings. The number of amides is 1. The van der Waals surface area contributed by atoms with Crippen molar-refractivity contribution in [2.24, 2.45) is 5.92 Å². The molecule has 128 valence electrons. The first-order valence-corrected chi connectivity index (χ1v) is 8.35. The standard InChI is InChI=1S/C20H21N3O2/c1-14(2)20(25)23(12-15-8-4-3-5-9-15)13-18-21-17-11-7-6-10-16(17)19(24)22-18/h3-11,14H,12-13H2,1-2H3,(H,21,22,24). The van der Waals surface area contributed by atoms with E-state index in [1.807, 2.05) is 56.3 Å². The molecule has 25 heavy (non-hydrogen) atoms. The van der Waals surface area contributed by atoms with Crippen LogP contribution >= 0.6 is 0 Å². The Balaban J connectivity index is 1.92. The van der Waals surface area contributed by atoms with Crippen molar-refractivity contribution in [2.75, 3.05) is 0 Å². The number of carbonyl (C=O) groups excluding carboxylic acids is 1. The maximum atomic E-state index is 12.6. The zero-order chi connectivity index (χ0) is 17.8. The zero-order valence-corrected chi connectivity index (χ0v) is 14.4. The van der Waals surface area contributed by atoms with Crippen molar-refractivity contribution in [1.29, 1.82) is 0 Å². The lowest BCUT2D eigenvalue weighted by molar-refractivity contribution is -0.135. The summed E-state index contributed by atoms with van der Waals surface area (Å²) in [6.45, 7) is 4.49. The number of benzene rings is 2. The number of aromatic amines is 1. The molecule has 0 aliphatic rings. The first kappa shape index (κ1) is 16.9. The molecule has 0 spiro atoms. The molecule has 1 N–H and O–H groups in total. The van der Waals surface area contributed by atoms with Gasteiger partial charge >= 0.3 is 0 Å². The molecule has 5 nitrogen and oxygen atoms in total. The zero-order valence-electron chi connectivity index (χ0n) is 14.4. The van der Waals surface area contributed by atoms with Crippen molar-refractivity contribution >= 4 is 16.8 Å². The SMILES string of the molecule is CC(C)C(=O)N(Cc1ccccc1)Cc1nc2ccccc2c(=O)[nH]1. The summed E-state index contributed by atoms with van der Waals surface area (Å²) < 4.78 is 0. The van der Waals surface area contributed by atoms with Gasteiger partial charge in [0.25, 0.3) is 5.56 Å². The molecule has 0 aliphatic heterocycles. The molecular weight excluding hydrogens is 314 g/mol. The molecule has 0 atom stereocenters. The van der Waals surface area contributed by atoms with Crippen molar-refractivity contribution in [3.8, 4) is 0 Å². The Morgan fingerprint density at radius 2 is 1.72 bits per heavy atom. The Morgan fingerprint density at radius 3 is 2.44 bits per heavy atom. The molecule has 0 unspecified atom stereocenters. The van der Waals surface area contributed by atoms with Gasteiger partial charge in [-0.25, -0.2) is 4.98 Å². The maximum Gasteiger partial charge on any atom is 0.258 e. The van der Waals surface area contributed by atoms with Crippen LogP contribution in [0.2, 0.25) is 0 Å². The van der Waals surface area contributed by atoms with Gasteiger partial charge in [0.2, 0.25) is 5.91 Å². The normalized spacial score (nSPS) is 11.0. The average Bonchev–Trinajstić information content (AvgIpc) is 2.61. The van der Waals surface area contributed by atoms with Crippen molar-refractivity contribution in [2.45, 2.75) is 26.9 Å². The monoisotopic (exact) mass is 335 g/mol. The smallest absolute Gasteiger partial charge is 0.258 e. The van der Waals surface area contributed by atoms with E-state index in [9.17, 15) is 9.59 Å². The third-order valence-corrected chi connectivity index (χ3v) is 4.02. The Kier molecular flexibility index (Phi) is 4.93. The number of nitrogens with zero attached hydrogens (tertiary/aromatic N) is 2. The van der Waals surface area contributed by atoms with Gasteiger partial charge in [0.15, 0.2) is 0 Å². The summed E-state index contributed by atoms with van der Waals surface area (Å²) in [4.78, 5) is 33.9. The van der Waals surface area contributed by atoms with Gasteiger partial charge in [-0.2, -0.15) is 0 Å². The highest BCUT2D eigenvalue weighted by molar-refractivity contribution is 5.79. The Morgan fingerprint density at radius 1 is 1.04 bits per heavy atom. The first-order valence-electron chi connectivity index (χ1n) is 8.35. The van der Waals surface area contributed by atoms with E-state index < -0.39 is 0 Å². The Hall–Kier alpha value is -2.95. The van der Waals surface area contributed by atoms with Gasteiger partial charge in [0.1, 0.15) is 5.82 Å². The molecule has 0 radical (unpaired) electrons. The van der Waals surface area contributed by atoms with Gasteiger partial charge in [-0.15, -0.1) is 0 Å². The minimum atomic E-state index is -0.183. The third kappa shape index (κ3) is 3.94. The van der Waals surface area contributed by atoms with Crippen LogP contribution in [0.15, 0.2) is 59.4 Å². The number of hydrogen-bond donors (Lipinski definition) is 1. The number of fused-ring (bicyclic) bond motifs is 1. The molecule has 0 fully saturated rings. The molecule has 2 aromatic carbocycles. The molecule has 1 amide bonds. The minimum absolute atomic E-state index is 0.0275. The van der Waals surface area contributed by atoms with Crippen molar-refractivity contribution < 1.29 is 4.79 Å². The number of aromatic nitrogens is 2.